The van der Waals surface area contributed by atoms with Gasteiger partial charge >= 0.3 is 0 Å². The molecular formula is C18H18N6O3. The Hall–Kier alpha value is -3.62. The average Bonchev–Trinajstić information content (AvgIpc) is 2.69. The number of nitrogens with one attached hydrogen (secondary N) is 1. The predicted molar refractivity (Wildman–Crippen MR) is 97.9 cm³/mol. The minimum atomic E-state index is -0.363. The van der Waals surface area contributed by atoms with E-state index in [1.165, 1.54) is 23.0 Å². The van der Waals surface area contributed by atoms with E-state index in [0.717, 1.165) is 10.2 Å². The summed E-state index contributed by atoms with van der Waals surface area (Å²) in [4.78, 5) is 39.6. The largest absolute Gasteiger partial charge is 0.354 e. The van der Waals surface area contributed by atoms with Crippen molar-refractivity contribution in [2.24, 2.45) is 0 Å². The molecule has 9 heteroatoms. The average molecular weight is 366 g/mol. The molecule has 0 saturated carbocycles. The number of nitrogens with zero attached hydrogens (tertiary/aromatic N) is 5. The van der Waals surface area contributed by atoms with E-state index in [1.807, 2.05) is 6.07 Å². The van der Waals surface area contributed by atoms with Gasteiger partial charge in [0.2, 0.25) is 5.91 Å². The second-order valence-electron chi connectivity index (χ2n) is 5.74. The van der Waals surface area contributed by atoms with Gasteiger partial charge in [-0.3, -0.25) is 19.4 Å². The highest BCUT2D eigenvalue weighted by molar-refractivity contribution is 5.75. The SMILES string of the molecule is O=C(Cn1nc(-c2cccnc2)ccc1=O)NCCCn1ncccc1=O. The van der Waals surface area contributed by atoms with Gasteiger partial charge in [-0.25, -0.2) is 9.36 Å². The number of carbonyl (C=O) groups excluding carboxylic acids is 1. The Kier molecular flexibility index (Phi) is 5.83. The molecule has 0 aliphatic rings. The molecule has 0 radical (unpaired) electrons. The zero-order chi connectivity index (χ0) is 19.1. The molecule has 138 valence electrons. The molecule has 0 unspecified atom stereocenters. The summed E-state index contributed by atoms with van der Waals surface area (Å²) in [7, 11) is 0. The molecule has 0 aromatic carbocycles. The Balaban J connectivity index is 1.55. The Morgan fingerprint density at radius 2 is 1.81 bits per heavy atom. The number of carbonyl (C=O) groups is 1. The molecule has 1 amide bonds. The van der Waals surface area contributed by atoms with Crippen LogP contribution in [0.15, 0.2) is 64.6 Å². The van der Waals surface area contributed by atoms with Gasteiger partial charge in [-0.2, -0.15) is 10.2 Å². The fourth-order valence-electron chi connectivity index (χ4n) is 2.43. The quantitative estimate of drug-likeness (QED) is 0.592. The molecule has 0 saturated heterocycles. The third-order valence-electron chi connectivity index (χ3n) is 3.77. The maximum atomic E-state index is 12.1. The highest BCUT2D eigenvalue weighted by Crippen LogP contribution is 2.12. The first kappa shape index (κ1) is 18.2. The summed E-state index contributed by atoms with van der Waals surface area (Å²) in [6.07, 6.45) is 5.36. The first-order chi connectivity index (χ1) is 13.1. The molecule has 0 spiro atoms. The van der Waals surface area contributed by atoms with Crippen LogP contribution in [0.3, 0.4) is 0 Å². The molecule has 0 atom stereocenters. The number of aryl methyl sites for hydroxylation is 1. The minimum Gasteiger partial charge on any atom is -0.354 e. The van der Waals surface area contributed by atoms with Crippen LogP contribution < -0.4 is 16.4 Å². The van der Waals surface area contributed by atoms with Crippen LogP contribution in [-0.4, -0.2) is 37.0 Å². The molecule has 3 rings (SSSR count). The number of aromatic nitrogens is 5. The summed E-state index contributed by atoms with van der Waals surface area (Å²) in [6.45, 7) is 0.573. The summed E-state index contributed by atoms with van der Waals surface area (Å²) in [5.74, 6) is -0.332. The van der Waals surface area contributed by atoms with Crippen molar-refractivity contribution in [3.63, 3.8) is 0 Å². The van der Waals surface area contributed by atoms with Crippen LogP contribution in [0.2, 0.25) is 0 Å². The molecular weight excluding hydrogens is 348 g/mol. The van der Waals surface area contributed by atoms with E-state index in [1.54, 1.807) is 30.6 Å². The summed E-state index contributed by atoms with van der Waals surface area (Å²) in [5.41, 5.74) is 0.766. The molecule has 0 fully saturated rings. The Labute approximate surface area is 154 Å². The van der Waals surface area contributed by atoms with Gasteiger partial charge in [0.1, 0.15) is 6.54 Å². The van der Waals surface area contributed by atoms with Gasteiger partial charge in [-0.05, 0) is 30.7 Å². The van der Waals surface area contributed by atoms with E-state index >= 15 is 0 Å². The topological polar surface area (TPSA) is 112 Å². The molecule has 27 heavy (non-hydrogen) atoms. The lowest BCUT2D eigenvalue weighted by Gasteiger charge is -2.08. The highest BCUT2D eigenvalue weighted by Gasteiger charge is 2.08. The standard InChI is InChI=1S/C18H18N6O3/c25-16(20-9-3-11-23-17(26)5-2-10-21-23)13-24-18(27)7-6-15(22-24)14-4-1-8-19-12-14/h1-2,4-8,10,12H,3,9,11,13H2,(H,20,25). The predicted octanol–water partition coefficient (Wildman–Crippen LogP) is 0.0685. The van der Waals surface area contributed by atoms with Crippen LogP contribution in [0, 0.1) is 0 Å². The van der Waals surface area contributed by atoms with Crippen molar-refractivity contribution in [2.75, 3.05) is 6.54 Å². The van der Waals surface area contributed by atoms with Crippen LogP contribution >= 0.6 is 0 Å². The maximum Gasteiger partial charge on any atom is 0.267 e. The van der Waals surface area contributed by atoms with Crippen LogP contribution in [0.25, 0.3) is 11.3 Å². The first-order valence-corrected chi connectivity index (χ1v) is 8.41. The Morgan fingerprint density at radius 1 is 1.00 bits per heavy atom. The monoisotopic (exact) mass is 366 g/mol. The third-order valence-corrected chi connectivity index (χ3v) is 3.77. The van der Waals surface area contributed by atoms with Crippen LogP contribution in [0.4, 0.5) is 0 Å². The van der Waals surface area contributed by atoms with E-state index in [2.05, 4.69) is 20.5 Å². The van der Waals surface area contributed by atoms with Crippen molar-refractivity contribution >= 4 is 5.91 Å². The van der Waals surface area contributed by atoms with E-state index in [0.29, 0.717) is 25.2 Å². The summed E-state index contributed by atoms with van der Waals surface area (Å²) in [6, 6.07) is 9.56. The molecule has 3 heterocycles. The molecule has 0 aliphatic heterocycles. The second-order valence-corrected chi connectivity index (χ2v) is 5.74. The van der Waals surface area contributed by atoms with Crippen molar-refractivity contribution in [3.05, 3.63) is 75.7 Å². The van der Waals surface area contributed by atoms with Gasteiger partial charge in [0.15, 0.2) is 0 Å². The lowest BCUT2D eigenvalue weighted by molar-refractivity contribution is -0.121. The van der Waals surface area contributed by atoms with Crippen molar-refractivity contribution in [1.29, 1.82) is 0 Å². The van der Waals surface area contributed by atoms with Gasteiger partial charge in [0, 0.05) is 49.4 Å². The molecule has 9 nitrogen and oxygen atoms in total. The number of hydrogen-bond donors (Lipinski definition) is 1. The van der Waals surface area contributed by atoms with Gasteiger partial charge in [0.25, 0.3) is 11.1 Å². The van der Waals surface area contributed by atoms with Gasteiger partial charge < -0.3 is 5.32 Å². The zero-order valence-corrected chi connectivity index (χ0v) is 14.5. The van der Waals surface area contributed by atoms with Crippen molar-refractivity contribution in [3.8, 4) is 11.3 Å². The molecule has 3 aromatic heterocycles. The number of rotatable bonds is 7. The van der Waals surface area contributed by atoms with E-state index in [9.17, 15) is 14.4 Å². The fourth-order valence-corrected chi connectivity index (χ4v) is 2.43. The Bertz CT molecular complexity index is 1030. The minimum absolute atomic E-state index is 0.184. The van der Waals surface area contributed by atoms with Crippen LogP contribution in [-0.2, 0) is 17.9 Å². The fraction of sp³-hybridized carbons (Fsp3) is 0.222. The maximum absolute atomic E-state index is 12.1. The van der Waals surface area contributed by atoms with E-state index < -0.39 is 0 Å². The van der Waals surface area contributed by atoms with Gasteiger partial charge in [-0.1, -0.05) is 0 Å². The molecule has 0 aliphatic carbocycles. The lowest BCUT2D eigenvalue weighted by atomic mass is 10.2. The summed E-state index contributed by atoms with van der Waals surface area (Å²) >= 11 is 0. The van der Waals surface area contributed by atoms with Gasteiger partial charge in [0.05, 0.1) is 5.69 Å². The van der Waals surface area contributed by atoms with Crippen molar-refractivity contribution < 1.29 is 4.79 Å². The smallest absolute Gasteiger partial charge is 0.267 e. The summed E-state index contributed by atoms with van der Waals surface area (Å²) < 4.78 is 2.44. The van der Waals surface area contributed by atoms with Gasteiger partial charge in [-0.15, -0.1) is 0 Å². The number of pyridine rings is 1. The van der Waals surface area contributed by atoms with Crippen LogP contribution in [0.1, 0.15) is 6.42 Å². The molecule has 3 aromatic rings. The number of hydrogen-bond acceptors (Lipinski definition) is 6. The highest BCUT2D eigenvalue weighted by atomic mass is 16.2. The normalized spacial score (nSPS) is 10.5. The summed E-state index contributed by atoms with van der Waals surface area (Å²) in [5, 5.41) is 10.9. The molecule has 0 bridgehead atoms. The van der Waals surface area contributed by atoms with Crippen molar-refractivity contribution in [1.82, 2.24) is 29.9 Å². The van der Waals surface area contributed by atoms with E-state index in [-0.39, 0.29) is 23.6 Å². The third kappa shape index (κ3) is 4.94. The van der Waals surface area contributed by atoms with E-state index in [4.69, 9.17) is 0 Å². The van der Waals surface area contributed by atoms with Crippen molar-refractivity contribution in [2.45, 2.75) is 19.5 Å². The number of amides is 1. The zero-order valence-electron chi connectivity index (χ0n) is 14.5. The lowest BCUT2D eigenvalue weighted by Crippen LogP contribution is -2.34. The molecule has 1 N–H and O–H groups in total. The van der Waals surface area contributed by atoms with Crippen LogP contribution in [0.5, 0.6) is 0 Å². The first-order valence-electron chi connectivity index (χ1n) is 8.41. The Morgan fingerprint density at radius 3 is 2.59 bits per heavy atom. The second kappa shape index (κ2) is 8.65.